The number of ether oxygens (including phenoxy) is 1. The van der Waals surface area contributed by atoms with Crippen LogP contribution in [-0.2, 0) is 11.2 Å². The summed E-state index contributed by atoms with van der Waals surface area (Å²) in [6.45, 7) is 1.80. The smallest absolute Gasteiger partial charge is 0.0508 e. The van der Waals surface area contributed by atoms with Gasteiger partial charge in [0.25, 0.3) is 0 Å². The molecule has 1 aromatic rings. The molecule has 0 amide bonds. The first-order valence-electron chi connectivity index (χ1n) is 5.12. The summed E-state index contributed by atoms with van der Waals surface area (Å²) in [6.07, 6.45) is 2.26. The lowest BCUT2D eigenvalue weighted by atomic mass is 9.94. The van der Waals surface area contributed by atoms with Crippen molar-refractivity contribution < 1.29 is 4.74 Å². The van der Waals surface area contributed by atoms with E-state index >= 15 is 0 Å². The minimum atomic E-state index is 0.622. The van der Waals surface area contributed by atoms with E-state index in [0.29, 0.717) is 10.7 Å². The van der Waals surface area contributed by atoms with Crippen LogP contribution in [0.25, 0.3) is 0 Å². The molecule has 2 heteroatoms. The number of hydrogen-bond donors (Lipinski definition) is 0. The zero-order chi connectivity index (χ0) is 9.80. The molecule has 0 aromatic heterocycles. The second-order valence-electron chi connectivity index (χ2n) is 3.83. The molecule has 1 nitrogen and oxygen atoms in total. The average molecular weight is 255 g/mol. The SMILES string of the molecule is BrC1CCOCC1Cc1ccccc1. The molecule has 1 saturated heterocycles. The molecule has 1 heterocycles. The largest absolute Gasteiger partial charge is 0.381 e. The molecule has 14 heavy (non-hydrogen) atoms. The summed E-state index contributed by atoms with van der Waals surface area (Å²) in [6, 6.07) is 10.6. The van der Waals surface area contributed by atoms with E-state index < -0.39 is 0 Å². The van der Waals surface area contributed by atoms with Gasteiger partial charge in [-0.05, 0) is 24.3 Å². The molecule has 1 aliphatic heterocycles. The van der Waals surface area contributed by atoms with Gasteiger partial charge < -0.3 is 4.74 Å². The van der Waals surface area contributed by atoms with E-state index in [4.69, 9.17) is 4.74 Å². The Balaban J connectivity index is 1.96. The number of rotatable bonds is 2. The van der Waals surface area contributed by atoms with Gasteiger partial charge in [-0.3, -0.25) is 0 Å². The van der Waals surface area contributed by atoms with Crippen molar-refractivity contribution in [1.29, 1.82) is 0 Å². The lowest BCUT2D eigenvalue weighted by molar-refractivity contribution is 0.0605. The van der Waals surface area contributed by atoms with Crippen molar-refractivity contribution in [3.63, 3.8) is 0 Å². The fourth-order valence-corrected chi connectivity index (χ4v) is 2.40. The van der Waals surface area contributed by atoms with Crippen molar-refractivity contribution in [1.82, 2.24) is 0 Å². The Morgan fingerprint density at radius 1 is 1.29 bits per heavy atom. The summed E-state index contributed by atoms with van der Waals surface area (Å²) in [5.74, 6) is 0.631. The van der Waals surface area contributed by atoms with Gasteiger partial charge in [-0.2, -0.15) is 0 Å². The van der Waals surface area contributed by atoms with Crippen molar-refractivity contribution in [2.45, 2.75) is 17.7 Å². The molecule has 2 rings (SSSR count). The minimum Gasteiger partial charge on any atom is -0.381 e. The predicted molar refractivity (Wildman–Crippen MR) is 61.8 cm³/mol. The Labute approximate surface area is 93.6 Å². The lowest BCUT2D eigenvalue weighted by Gasteiger charge is -2.27. The van der Waals surface area contributed by atoms with Gasteiger partial charge in [0.2, 0.25) is 0 Å². The molecule has 1 aliphatic rings. The van der Waals surface area contributed by atoms with E-state index in [0.717, 1.165) is 26.1 Å². The second kappa shape index (κ2) is 4.94. The Morgan fingerprint density at radius 3 is 2.79 bits per heavy atom. The summed E-state index contributed by atoms with van der Waals surface area (Å²) < 4.78 is 5.49. The summed E-state index contributed by atoms with van der Waals surface area (Å²) in [7, 11) is 0. The molecule has 1 fully saturated rings. The molecule has 0 aliphatic carbocycles. The van der Waals surface area contributed by atoms with Crippen LogP contribution >= 0.6 is 15.9 Å². The van der Waals surface area contributed by atoms with Crippen LogP contribution in [0.3, 0.4) is 0 Å². The molecular weight excluding hydrogens is 240 g/mol. The molecule has 0 N–H and O–H groups in total. The Kier molecular flexibility index (Phi) is 3.60. The average Bonchev–Trinajstić information content (AvgIpc) is 2.23. The van der Waals surface area contributed by atoms with Crippen LogP contribution in [0.15, 0.2) is 30.3 Å². The summed E-state index contributed by atoms with van der Waals surface area (Å²) in [5, 5.41) is 0. The van der Waals surface area contributed by atoms with Gasteiger partial charge in [-0.25, -0.2) is 0 Å². The highest BCUT2D eigenvalue weighted by atomic mass is 79.9. The number of alkyl halides is 1. The monoisotopic (exact) mass is 254 g/mol. The summed E-state index contributed by atoms with van der Waals surface area (Å²) >= 11 is 3.73. The zero-order valence-electron chi connectivity index (χ0n) is 8.16. The van der Waals surface area contributed by atoms with Gasteiger partial charge in [-0.15, -0.1) is 0 Å². The highest BCUT2D eigenvalue weighted by molar-refractivity contribution is 9.09. The van der Waals surface area contributed by atoms with Gasteiger partial charge in [0.15, 0.2) is 0 Å². The molecule has 0 radical (unpaired) electrons. The van der Waals surface area contributed by atoms with Gasteiger partial charge >= 0.3 is 0 Å². The number of hydrogen-bond acceptors (Lipinski definition) is 1. The van der Waals surface area contributed by atoms with Crippen LogP contribution in [0.2, 0.25) is 0 Å². The first-order chi connectivity index (χ1) is 6.86. The Bertz CT molecular complexity index is 273. The molecule has 1 aromatic carbocycles. The first-order valence-corrected chi connectivity index (χ1v) is 6.03. The van der Waals surface area contributed by atoms with Crippen LogP contribution in [0.5, 0.6) is 0 Å². The highest BCUT2D eigenvalue weighted by Crippen LogP contribution is 2.25. The standard InChI is InChI=1S/C12H15BrO/c13-12-6-7-14-9-11(12)8-10-4-2-1-3-5-10/h1-5,11-12H,6-9H2. The van der Waals surface area contributed by atoms with Gasteiger partial charge in [-0.1, -0.05) is 46.3 Å². The first kappa shape index (κ1) is 10.2. The third-order valence-electron chi connectivity index (χ3n) is 2.72. The number of benzene rings is 1. The molecule has 0 bridgehead atoms. The van der Waals surface area contributed by atoms with Crippen molar-refractivity contribution >= 4 is 15.9 Å². The maximum atomic E-state index is 5.49. The van der Waals surface area contributed by atoms with Crippen molar-refractivity contribution in [3.05, 3.63) is 35.9 Å². The topological polar surface area (TPSA) is 9.23 Å². The lowest BCUT2D eigenvalue weighted by Crippen LogP contribution is -2.29. The maximum Gasteiger partial charge on any atom is 0.0508 e. The summed E-state index contributed by atoms with van der Waals surface area (Å²) in [5.41, 5.74) is 1.41. The van der Waals surface area contributed by atoms with Gasteiger partial charge in [0.05, 0.1) is 6.61 Å². The number of halogens is 1. The van der Waals surface area contributed by atoms with Crippen LogP contribution in [0, 0.1) is 5.92 Å². The second-order valence-corrected chi connectivity index (χ2v) is 5.01. The van der Waals surface area contributed by atoms with E-state index in [1.165, 1.54) is 5.56 Å². The summed E-state index contributed by atoms with van der Waals surface area (Å²) in [4.78, 5) is 0.622. The van der Waals surface area contributed by atoms with Crippen molar-refractivity contribution in [3.8, 4) is 0 Å². The maximum absolute atomic E-state index is 5.49. The molecule has 2 atom stereocenters. The molecule has 76 valence electrons. The fraction of sp³-hybridized carbons (Fsp3) is 0.500. The normalized spacial score (nSPS) is 27.5. The quantitative estimate of drug-likeness (QED) is 0.738. The molecule has 2 unspecified atom stereocenters. The fourth-order valence-electron chi connectivity index (χ4n) is 1.87. The van der Waals surface area contributed by atoms with Gasteiger partial charge in [0.1, 0.15) is 0 Å². The molecule has 0 spiro atoms. The van der Waals surface area contributed by atoms with Crippen LogP contribution < -0.4 is 0 Å². The van der Waals surface area contributed by atoms with E-state index in [9.17, 15) is 0 Å². The van der Waals surface area contributed by atoms with Crippen molar-refractivity contribution in [2.24, 2.45) is 5.92 Å². The van der Waals surface area contributed by atoms with Gasteiger partial charge in [0, 0.05) is 11.4 Å². The minimum absolute atomic E-state index is 0.622. The van der Waals surface area contributed by atoms with Crippen molar-refractivity contribution in [2.75, 3.05) is 13.2 Å². The van der Waals surface area contributed by atoms with Crippen LogP contribution in [0.4, 0.5) is 0 Å². The third-order valence-corrected chi connectivity index (χ3v) is 3.93. The zero-order valence-corrected chi connectivity index (χ0v) is 9.74. The van der Waals surface area contributed by atoms with E-state index in [1.54, 1.807) is 0 Å². The molecular formula is C12H15BrO. The van der Waals surface area contributed by atoms with Crippen LogP contribution in [-0.4, -0.2) is 18.0 Å². The third kappa shape index (κ3) is 2.58. The highest BCUT2D eigenvalue weighted by Gasteiger charge is 2.23. The molecule has 0 saturated carbocycles. The van der Waals surface area contributed by atoms with E-state index in [-0.39, 0.29) is 0 Å². The van der Waals surface area contributed by atoms with E-state index in [2.05, 4.69) is 46.3 Å². The van der Waals surface area contributed by atoms with Crippen LogP contribution in [0.1, 0.15) is 12.0 Å². The van der Waals surface area contributed by atoms with E-state index in [1.807, 2.05) is 0 Å². The Hall–Kier alpha value is -0.340. The Morgan fingerprint density at radius 2 is 2.07 bits per heavy atom. The predicted octanol–water partition coefficient (Wildman–Crippen LogP) is 3.03.